The second-order valence-electron chi connectivity index (χ2n) is 2.77. The molecule has 0 heterocycles. The van der Waals surface area contributed by atoms with Crippen LogP contribution in [-0.4, -0.2) is 8.76 Å². The van der Waals surface area contributed by atoms with E-state index in [2.05, 4.69) is 0 Å². The van der Waals surface area contributed by atoms with Crippen molar-refractivity contribution in [2.45, 2.75) is 18.7 Å². The zero-order chi connectivity index (χ0) is 11.0. The molecule has 1 aromatic rings. The van der Waals surface area contributed by atoms with Crippen LogP contribution in [0.5, 0.6) is 0 Å². The summed E-state index contributed by atoms with van der Waals surface area (Å²) in [7, 11) is 0. The Kier molecular flexibility index (Phi) is 2.96. The minimum Gasteiger partial charge on any atom is -0.302 e. The van der Waals surface area contributed by atoms with Crippen LogP contribution < -0.4 is 0 Å². The zero-order valence-corrected chi connectivity index (χ0v) is 8.21. The second kappa shape index (κ2) is 3.70. The highest BCUT2D eigenvalue weighted by Crippen LogP contribution is 2.25. The van der Waals surface area contributed by atoms with E-state index in [4.69, 9.17) is 4.55 Å². The summed E-state index contributed by atoms with van der Waals surface area (Å²) in [5.74, 6) is -3.89. The van der Waals surface area contributed by atoms with E-state index in [0.29, 0.717) is 0 Å². The van der Waals surface area contributed by atoms with E-state index in [0.717, 1.165) is 13.8 Å². The van der Waals surface area contributed by atoms with E-state index in [9.17, 15) is 17.4 Å². The molecule has 1 rings (SSSR count). The van der Waals surface area contributed by atoms with E-state index >= 15 is 0 Å². The molecular weight excluding hydrogens is 217 g/mol. The Morgan fingerprint density at radius 2 is 1.50 bits per heavy atom. The predicted octanol–water partition coefficient (Wildman–Crippen LogP) is 2.30. The van der Waals surface area contributed by atoms with Gasteiger partial charge >= 0.3 is 0 Å². The number of rotatable bonds is 1. The van der Waals surface area contributed by atoms with Crippen LogP contribution >= 0.6 is 0 Å². The van der Waals surface area contributed by atoms with Crippen LogP contribution in [0.25, 0.3) is 0 Å². The summed E-state index contributed by atoms with van der Waals surface area (Å²) in [6.07, 6.45) is 0. The number of halogens is 3. The fraction of sp³-hybridized carbons (Fsp3) is 0.250. The van der Waals surface area contributed by atoms with Gasteiger partial charge in [0.15, 0.2) is 22.7 Å². The highest BCUT2D eigenvalue weighted by atomic mass is 32.2. The molecule has 0 aliphatic carbocycles. The van der Waals surface area contributed by atoms with Gasteiger partial charge in [-0.1, -0.05) is 0 Å². The normalized spacial score (nSPS) is 13.0. The molecule has 0 saturated carbocycles. The van der Waals surface area contributed by atoms with E-state index < -0.39 is 39.0 Å². The van der Waals surface area contributed by atoms with Crippen LogP contribution in [0, 0.1) is 31.3 Å². The minimum absolute atomic E-state index is 0.345. The molecule has 1 atom stereocenters. The van der Waals surface area contributed by atoms with Crippen molar-refractivity contribution in [3.8, 4) is 0 Å². The fourth-order valence-corrected chi connectivity index (χ4v) is 1.71. The third kappa shape index (κ3) is 1.55. The Morgan fingerprint density at radius 1 is 1.00 bits per heavy atom. The standard InChI is InChI=1S/C8H7F3O2S/c1-3-5(9)4(2)8(14(12)13)7(11)6(3)10/h1-2H3,(H,12,13). The summed E-state index contributed by atoms with van der Waals surface area (Å²) >= 11 is -2.74. The van der Waals surface area contributed by atoms with Gasteiger partial charge in [-0.25, -0.2) is 17.4 Å². The Balaban J connectivity index is 3.68. The predicted molar refractivity (Wildman–Crippen MR) is 44.8 cm³/mol. The van der Waals surface area contributed by atoms with Gasteiger partial charge in [0.1, 0.15) is 10.7 Å². The van der Waals surface area contributed by atoms with Crippen LogP contribution in [0.1, 0.15) is 11.1 Å². The molecule has 0 aliphatic heterocycles. The van der Waals surface area contributed by atoms with E-state index in [1.807, 2.05) is 0 Å². The molecule has 0 saturated heterocycles. The van der Waals surface area contributed by atoms with Gasteiger partial charge in [0.25, 0.3) is 0 Å². The maximum Gasteiger partial charge on any atom is 0.190 e. The largest absolute Gasteiger partial charge is 0.302 e. The van der Waals surface area contributed by atoms with Crippen molar-refractivity contribution in [3.63, 3.8) is 0 Å². The first kappa shape index (κ1) is 11.2. The molecule has 6 heteroatoms. The van der Waals surface area contributed by atoms with E-state index in [1.165, 1.54) is 0 Å². The lowest BCUT2D eigenvalue weighted by Crippen LogP contribution is -2.06. The maximum atomic E-state index is 13.1. The van der Waals surface area contributed by atoms with Gasteiger partial charge in [-0.15, -0.1) is 0 Å². The highest BCUT2D eigenvalue weighted by molar-refractivity contribution is 7.79. The van der Waals surface area contributed by atoms with Crippen molar-refractivity contribution in [2.75, 3.05) is 0 Å². The lowest BCUT2D eigenvalue weighted by atomic mass is 10.1. The summed E-state index contributed by atoms with van der Waals surface area (Å²) in [6.45, 7) is 2.18. The first-order valence-corrected chi connectivity index (χ1v) is 4.73. The first-order chi connectivity index (χ1) is 6.37. The van der Waals surface area contributed by atoms with Crippen LogP contribution in [0.2, 0.25) is 0 Å². The molecule has 0 aromatic heterocycles. The first-order valence-electron chi connectivity index (χ1n) is 3.62. The molecule has 1 aromatic carbocycles. The third-order valence-electron chi connectivity index (χ3n) is 1.89. The Hall–Kier alpha value is -0.880. The maximum absolute atomic E-state index is 13.1. The van der Waals surface area contributed by atoms with Gasteiger partial charge in [0.2, 0.25) is 0 Å². The molecule has 14 heavy (non-hydrogen) atoms. The Morgan fingerprint density at radius 3 is 1.93 bits per heavy atom. The summed E-state index contributed by atoms with van der Waals surface area (Å²) in [5, 5.41) is 0. The van der Waals surface area contributed by atoms with Crippen LogP contribution in [-0.2, 0) is 11.1 Å². The molecule has 0 fully saturated rings. The summed E-state index contributed by atoms with van der Waals surface area (Å²) in [5.41, 5.74) is -0.837. The minimum atomic E-state index is -2.74. The smallest absolute Gasteiger partial charge is 0.190 e. The molecule has 78 valence electrons. The van der Waals surface area contributed by atoms with Crippen LogP contribution in [0.3, 0.4) is 0 Å². The monoisotopic (exact) mass is 224 g/mol. The fourth-order valence-electron chi connectivity index (χ4n) is 1.11. The molecule has 0 radical (unpaired) electrons. The number of hydrogen-bond acceptors (Lipinski definition) is 1. The van der Waals surface area contributed by atoms with Gasteiger partial charge in [-0.2, -0.15) is 0 Å². The van der Waals surface area contributed by atoms with Crippen molar-refractivity contribution in [3.05, 3.63) is 28.6 Å². The molecule has 0 spiro atoms. The average molecular weight is 224 g/mol. The van der Waals surface area contributed by atoms with Gasteiger partial charge in [0.05, 0.1) is 0 Å². The number of hydrogen-bond donors (Lipinski definition) is 1. The Bertz CT molecular complexity index is 389. The lowest BCUT2D eigenvalue weighted by Gasteiger charge is -2.08. The second-order valence-corrected chi connectivity index (χ2v) is 3.68. The van der Waals surface area contributed by atoms with Gasteiger partial charge < -0.3 is 4.55 Å². The molecule has 0 aliphatic rings. The van der Waals surface area contributed by atoms with Crippen LogP contribution in [0.4, 0.5) is 13.2 Å². The summed E-state index contributed by atoms with van der Waals surface area (Å²) in [4.78, 5) is -0.842. The topological polar surface area (TPSA) is 37.3 Å². The molecule has 0 amide bonds. The number of benzene rings is 1. The van der Waals surface area contributed by atoms with Crippen molar-refractivity contribution >= 4 is 11.1 Å². The van der Waals surface area contributed by atoms with Gasteiger partial charge in [-0.05, 0) is 13.8 Å². The zero-order valence-electron chi connectivity index (χ0n) is 7.40. The average Bonchev–Trinajstić information content (AvgIpc) is 2.11. The van der Waals surface area contributed by atoms with E-state index in [1.54, 1.807) is 0 Å². The molecule has 2 nitrogen and oxygen atoms in total. The quantitative estimate of drug-likeness (QED) is 0.587. The Labute approximate surface area is 81.0 Å². The van der Waals surface area contributed by atoms with Gasteiger partial charge in [0, 0.05) is 11.1 Å². The third-order valence-corrected chi connectivity index (χ3v) is 2.73. The van der Waals surface area contributed by atoms with Crippen molar-refractivity contribution < 1.29 is 21.9 Å². The summed E-state index contributed by atoms with van der Waals surface area (Å²) < 4.78 is 58.4. The molecular formula is C8H7F3O2S. The highest BCUT2D eigenvalue weighted by Gasteiger charge is 2.23. The molecule has 1 N–H and O–H groups in total. The molecule has 1 unspecified atom stereocenters. The van der Waals surface area contributed by atoms with Crippen LogP contribution in [0.15, 0.2) is 4.90 Å². The lowest BCUT2D eigenvalue weighted by molar-refractivity contribution is 0.456. The van der Waals surface area contributed by atoms with Gasteiger partial charge in [-0.3, -0.25) is 0 Å². The van der Waals surface area contributed by atoms with Crippen molar-refractivity contribution in [2.24, 2.45) is 0 Å². The SMILES string of the molecule is Cc1c(F)c(C)c(S(=O)O)c(F)c1F. The van der Waals surface area contributed by atoms with E-state index in [-0.39, 0.29) is 5.56 Å². The summed E-state index contributed by atoms with van der Waals surface area (Å²) in [6, 6.07) is 0. The molecule has 0 bridgehead atoms. The van der Waals surface area contributed by atoms with Crippen molar-refractivity contribution in [1.82, 2.24) is 0 Å². The van der Waals surface area contributed by atoms with Crippen molar-refractivity contribution in [1.29, 1.82) is 0 Å².